The summed E-state index contributed by atoms with van der Waals surface area (Å²) in [5.74, 6) is 0.138. The van der Waals surface area contributed by atoms with Crippen LogP contribution in [-0.2, 0) is 27.2 Å². The molecule has 2 aromatic carbocycles. The Morgan fingerprint density at radius 2 is 1.78 bits per heavy atom. The standard InChI is InChI=1S/C24H21N3O5/c28-21(25-19-10-5-4-9-18(19)15-17-7-2-1-3-8-17)16-31-23(29)13-12-22-26-24(27-32-22)20-11-6-14-30-20/h1-11,14H,12-13,15-16H2,(H,25,28). The molecule has 0 radical (unpaired) electrons. The van der Waals surface area contributed by atoms with Crippen LogP contribution >= 0.6 is 0 Å². The van der Waals surface area contributed by atoms with Crippen molar-refractivity contribution in [2.24, 2.45) is 0 Å². The van der Waals surface area contributed by atoms with Crippen molar-refractivity contribution in [1.29, 1.82) is 0 Å². The normalized spacial score (nSPS) is 10.6. The molecule has 8 heteroatoms. The number of carbonyl (C=O) groups excluding carboxylic acids is 2. The maximum absolute atomic E-state index is 12.3. The number of amides is 1. The molecule has 0 aliphatic carbocycles. The van der Waals surface area contributed by atoms with Crippen LogP contribution < -0.4 is 5.32 Å². The van der Waals surface area contributed by atoms with Crippen molar-refractivity contribution in [3.63, 3.8) is 0 Å². The highest BCUT2D eigenvalue weighted by molar-refractivity contribution is 5.93. The minimum Gasteiger partial charge on any atom is -0.461 e. The van der Waals surface area contributed by atoms with Gasteiger partial charge in [0, 0.05) is 12.1 Å². The number of para-hydroxylation sites is 1. The van der Waals surface area contributed by atoms with Crippen molar-refractivity contribution < 1.29 is 23.3 Å². The van der Waals surface area contributed by atoms with E-state index in [0.717, 1.165) is 11.1 Å². The third-order valence-electron chi connectivity index (χ3n) is 4.65. The van der Waals surface area contributed by atoms with Gasteiger partial charge in [-0.1, -0.05) is 53.7 Å². The summed E-state index contributed by atoms with van der Waals surface area (Å²) in [5, 5.41) is 6.61. The molecule has 0 unspecified atom stereocenters. The molecule has 4 rings (SSSR count). The monoisotopic (exact) mass is 431 g/mol. The largest absolute Gasteiger partial charge is 0.461 e. The molecule has 2 heterocycles. The molecule has 0 atom stereocenters. The summed E-state index contributed by atoms with van der Waals surface area (Å²) in [6.07, 6.45) is 2.40. The van der Waals surface area contributed by atoms with Gasteiger partial charge >= 0.3 is 5.97 Å². The Balaban J connectivity index is 1.24. The van der Waals surface area contributed by atoms with E-state index in [1.807, 2.05) is 54.6 Å². The van der Waals surface area contributed by atoms with Crippen molar-refractivity contribution in [3.05, 3.63) is 90.0 Å². The number of hydrogen-bond acceptors (Lipinski definition) is 7. The SMILES string of the molecule is O=C(COC(=O)CCc1nc(-c2ccco2)no1)Nc1ccccc1Cc1ccccc1. The van der Waals surface area contributed by atoms with Gasteiger partial charge in [0.25, 0.3) is 5.91 Å². The van der Waals surface area contributed by atoms with Crippen LogP contribution in [-0.4, -0.2) is 28.6 Å². The van der Waals surface area contributed by atoms with Crippen LogP contribution in [0.2, 0.25) is 0 Å². The Morgan fingerprint density at radius 1 is 0.969 bits per heavy atom. The van der Waals surface area contributed by atoms with Gasteiger partial charge in [0.2, 0.25) is 11.7 Å². The first-order valence-corrected chi connectivity index (χ1v) is 10.1. The highest BCUT2D eigenvalue weighted by Gasteiger charge is 2.14. The molecule has 0 spiro atoms. The van der Waals surface area contributed by atoms with Gasteiger partial charge in [-0.2, -0.15) is 4.98 Å². The lowest BCUT2D eigenvalue weighted by Gasteiger charge is -2.11. The fourth-order valence-electron chi connectivity index (χ4n) is 3.09. The summed E-state index contributed by atoms with van der Waals surface area (Å²) in [6.45, 7) is -0.375. The molecule has 0 aliphatic rings. The number of rotatable bonds is 9. The minimum absolute atomic E-state index is 0.0116. The second kappa shape index (κ2) is 10.2. The highest BCUT2D eigenvalue weighted by atomic mass is 16.5. The van der Waals surface area contributed by atoms with Gasteiger partial charge in [-0.05, 0) is 35.7 Å². The molecule has 0 bridgehead atoms. The first-order chi connectivity index (χ1) is 15.7. The van der Waals surface area contributed by atoms with Gasteiger partial charge in [-0.25, -0.2) is 0 Å². The number of ether oxygens (including phenoxy) is 1. The molecule has 0 aliphatic heterocycles. The lowest BCUT2D eigenvalue weighted by Crippen LogP contribution is -2.21. The molecule has 0 saturated carbocycles. The number of nitrogens with one attached hydrogen (secondary N) is 1. The highest BCUT2D eigenvalue weighted by Crippen LogP contribution is 2.19. The fraction of sp³-hybridized carbons (Fsp3) is 0.167. The second-order valence-electron chi connectivity index (χ2n) is 7.02. The third-order valence-corrected chi connectivity index (χ3v) is 4.65. The number of aromatic nitrogens is 2. The molecule has 4 aromatic rings. The van der Waals surface area contributed by atoms with Crippen molar-refractivity contribution in [3.8, 4) is 11.6 Å². The van der Waals surface area contributed by atoms with E-state index in [1.54, 1.807) is 12.1 Å². The average Bonchev–Trinajstić information content (AvgIpc) is 3.50. The van der Waals surface area contributed by atoms with E-state index in [2.05, 4.69) is 15.5 Å². The van der Waals surface area contributed by atoms with Crippen molar-refractivity contribution >= 4 is 17.6 Å². The fourth-order valence-corrected chi connectivity index (χ4v) is 3.09. The lowest BCUT2D eigenvalue weighted by atomic mass is 10.0. The van der Waals surface area contributed by atoms with Gasteiger partial charge in [-0.15, -0.1) is 0 Å². The Morgan fingerprint density at radius 3 is 2.59 bits per heavy atom. The van der Waals surface area contributed by atoms with E-state index >= 15 is 0 Å². The van der Waals surface area contributed by atoms with E-state index in [1.165, 1.54) is 6.26 Å². The van der Waals surface area contributed by atoms with Gasteiger partial charge in [0.1, 0.15) is 0 Å². The summed E-state index contributed by atoms with van der Waals surface area (Å²) < 4.78 is 15.4. The average molecular weight is 431 g/mol. The topological polar surface area (TPSA) is 107 Å². The predicted molar refractivity (Wildman–Crippen MR) is 116 cm³/mol. The van der Waals surface area contributed by atoms with Crippen LogP contribution in [0.3, 0.4) is 0 Å². The zero-order valence-corrected chi connectivity index (χ0v) is 17.2. The van der Waals surface area contributed by atoms with Gasteiger partial charge in [0.15, 0.2) is 12.4 Å². The van der Waals surface area contributed by atoms with E-state index < -0.39 is 11.9 Å². The Kier molecular flexibility index (Phi) is 6.72. The second-order valence-corrected chi connectivity index (χ2v) is 7.02. The first kappa shape index (κ1) is 21.0. The third kappa shape index (κ3) is 5.69. The summed E-state index contributed by atoms with van der Waals surface area (Å²) in [4.78, 5) is 28.5. The zero-order chi connectivity index (χ0) is 22.2. The van der Waals surface area contributed by atoms with Gasteiger partial charge < -0.3 is 19.0 Å². The number of carbonyl (C=O) groups is 2. The quantitative estimate of drug-likeness (QED) is 0.399. The first-order valence-electron chi connectivity index (χ1n) is 10.1. The smallest absolute Gasteiger partial charge is 0.306 e. The van der Waals surface area contributed by atoms with Crippen LogP contribution in [0.4, 0.5) is 5.69 Å². The molecule has 0 saturated heterocycles. The molecule has 1 amide bonds. The van der Waals surface area contributed by atoms with Gasteiger partial charge in [0.05, 0.1) is 12.7 Å². The number of furan rings is 1. The number of anilines is 1. The molecule has 1 N–H and O–H groups in total. The summed E-state index contributed by atoms with van der Waals surface area (Å²) >= 11 is 0. The molecule has 0 fully saturated rings. The van der Waals surface area contributed by atoms with E-state index in [9.17, 15) is 9.59 Å². The molecular weight excluding hydrogens is 410 g/mol. The number of aryl methyl sites for hydroxylation is 1. The van der Waals surface area contributed by atoms with Crippen LogP contribution in [0.5, 0.6) is 0 Å². The number of nitrogens with zero attached hydrogens (tertiary/aromatic N) is 2. The molecule has 162 valence electrons. The van der Waals surface area contributed by atoms with Gasteiger partial charge in [-0.3, -0.25) is 9.59 Å². The molecular formula is C24H21N3O5. The Labute approximate surface area is 184 Å². The van der Waals surface area contributed by atoms with Crippen molar-refractivity contribution in [2.75, 3.05) is 11.9 Å². The van der Waals surface area contributed by atoms with Crippen LogP contribution in [0.25, 0.3) is 11.6 Å². The number of benzene rings is 2. The maximum Gasteiger partial charge on any atom is 0.306 e. The molecule has 2 aromatic heterocycles. The maximum atomic E-state index is 12.3. The lowest BCUT2D eigenvalue weighted by molar-refractivity contribution is -0.147. The van der Waals surface area contributed by atoms with Crippen LogP contribution in [0, 0.1) is 0 Å². The number of esters is 1. The van der Waals surface area contributed by atoms with Crippen molar-refractivity contribution in [2.45, 2.75) is 19.3 Å². The predicted octanol–water partition coefficient (Wildman–Crippen LogP) is 4.03. The van der Waals surface area contributed by atoms with E-state index in [-0.39, 0.29) is 25.3 Å². The Bertz CT molecular complexity index is 1170. The van der Waals surface area contributed by atoms with Crippen molar-refractivity contribution in [1.82, 2.24) is 10.1 Å². The van der Waals surface area contributed by atoms with Crippen LogP contribution in [0.1, 0.15) is 23.4 Å². The summed E-state index contributed by atoms with van der Waals surface area (Å²) in [7, 11) is 0. The molecule has 8 nitrogen and oxygen atoms in total. The number of hydrogen-bond donors (Lipinski definition) is 1. The van der Waals surface area contributed by atoms with E-state index in [4.69, 9.17) is 13.7 Å². The minimum atomic E-state index is -0.532. The Hall–Kier alpha value is -4.20. The zero-order valence-electron chi connectivity index (χ0n) is 17.2. The molecule has 32 heavy (non-hydrogen) atoms. The van der Waals surface area contributed by atoms with Crippen LogP contribution in [0.15, 0.2) is 81.9 Å². The summed E-state index contributed by atoms with van der Waals surface area (Å²) in [6, 6.07) is 20.9. The summed E-state index contributed by atoms with van der Waals surface area (Å²) in [5.41, 5.74) is 2.80. The van der Waals surface area contributed by atoms with E-state index in [0.29, 0.717) is 23.7 Å².